The van der Waals surface area contributed by atoms with Gasteiger partial charge in [0.25, 0.3) is 11.8 Å². The van der Waals surface area contributed by atoms with E-state index in [1.54, 1.807) is 84.9 Å². The zero-order valence-electron chi connectivity index (χ0n) is 28.8. The molecular weight excluding hydrogens is 723 g/mol. The monoisotopic (exact) mass is 752 g/mol. The summed E-state index contributed by atoms with van der Waals surface area (Å²) in [4.78, 5) is 27.0. The number of halogens is 2. The minimum atomic E-state index is -0.583. The van der Waals surface area contributed by atoms with Gasteiger partial charge < -0.3 is 20.8 Å². The number of hydrogen-bond acceptors (Lipinski definition) is 8. The third kappa shape index (κ3) is 7.47. The zero-order valence-corrected chi connectivity index (χ0v) is 30.3. The largest absolute Gasteiger partial charge is 0.505 e. The van der Waals surface area contributed by atoms with Gasteiger partial charge >= 0.3 is 0 Å². The summed E-state index contributed by atoms with van der Waals surface area (Å²) in [7, 11) is 0. The highest BCUT2D eigenvalue weighted by atomic mass is 35.5. The van der Waals surface area contributed by atoms with Gasteiger partial charge in [-0.15, -0.1) is 10.2 Å². The van der Waals surface area contributed by atoms with Gasteiger partial charge in [0.2, 0.25) is 0 Å². The molecule has 266 valence electrons. The summed E-state index contributed by atoms with van der Waals surface area (Å²) in [6, 6.07) is 34.5. The average Bonchev–Trinajstić information content (AvgIpc) is 3.17. The maximum absolute atomic E-state index is 13.5. The van der Waals surface area contributed by atoms with Crippen LogP contribution in [0.25, 0.3) is 21.5 Å². The lowest BCUT2D eigenvalue weighted by Gasteiger charge is -2.13. The van der Waals surface area contributed by atoms with Crippen LogP contribution in [0.4, 0.5) is 34.1 Å². The van der Waals surface area contributed by atoms with Crippen LogP contribution in [-0.2, 0) is 0 Å². The Hall–Kier alpha value is -6.62. The van der Waals surface area contributed by atoms with Crippen LogP contribution >= 0.6 is 23.2 Å². The van der Waals surface area contributed by atoms with Crippen molar-refractivity contribution in [3.8, 4) is 11.5 Å². The topological polar surface area (TPSA) is 148 Å². The van der Waals surface area contributed by atoms with Crippen molar-refractivity contribution < 1.29 is 19.8 Å². The van der Waals surface area contributed by atoms with Gasteiger partial charge in [-0.25, -0.2) is 0 Å². The molecule has 0 aliphatic carbocycles. The minimum Gasteiger partial charge on any atom is -0.505 e. The lowest BCUT2D eigenvalue weighted by atomic mass is 10.0. The normalized spacial score (nSPS) is 11.5. The van der Waals surface area contributed by atoms with Gasteiger partial charge in [0, 0.05) is 32.2 Å². The summed E-state index contributed by atoms with van der Waals surface area (Å²) < 4.78 is 0. The van der Waals surface area contributed by atoms with E-state index in [-0.39, 0.29) is 34.0 Å². The SMILES string of the molecule is Cc1ccc(N=Nc2c(O)c(C(=O)Nc3ccc(NC(=O)c4cc5ccccc5c(N=Nc5ccc(C)c(Cl)c5)c4O)cc3)cc3ccccc23)cc1Cl. The number of aryl methyl sites for hydroxylation is 2. The van der Waals surface area contributed by atoms with Crippen LogP contribution in [0.2, 0.25) is 10.0 Å². The number of nitrogens with one attached hydrogen (secondary N) is 2. The molecule has 0 atom stereocenters. The summed E-state index contributed by atoms with van der Waals surface area (Å²) >= 11 is 12.5. The van der Waals surface area contributed by atoms with Gasteiger partial charge in [0.15, 0.2) is 11.5 Å². The van der Waals surface area contributed by atoms with E-state index in [0.29, 0.717) is 54.3 Å². The molecule has 0 saturated heterocycles. The molecule has 0 unspecified atom stereocenters. The summed E-state index contributed by atoms with van der Waals surface area (Å²) in [6.07, 6.45) is 0. The van der Waals surface area contributed by atoms with Crippen molar-refractivity contribution in [2.45, 2.75) is 13.8 Å². The molecule has 2 amide bonds. The Morgan fingerprint density at radius 1 is 0.519 bits per heavy atom. The van der Waals surface area contributed by atoms with Crippen molar-refractivity contribution in [3.63, 3.8) is 0 Å². The fraction of sp³-hybridized carbons (Fsp3) is 0.0476. The molecular formula is C42H30Cl2N6O4. The Kier molecular flexibility index (Phi) is 10.0. The van der Waals surface area contributed by atoms with Crippen molar-refractivity contribution in [3.05, 3.63) is 154 Å². The van der Waals surface area contributed by atoms with Crippen LogP contribution in [0.15, 0.2) is 142 Å². The maximum atomic E-state index is 13.5. The number of carbonyl (C=O) groups excluding carboxylic acids is 2. The van der Waals surface area contributed by atoms with E-state index in [0.717, 1.165) is 11.1 Å². The lowest BCUT2D eigenvalue weighted by molar-refractivity contribution is 0.101. The molecule has 0 radical (unpaired) electrons. The van der Waals surface area contributed by atoms with Crippen LogP contribution in [0.5, 0.6) is 11.5 Å². The number of carbonyl (C=O) groups is 2. The van der Waals surface area contributed by atoms with Gasteiger partial charge in [-0.1, -0.05) is 83.9 Å². The Balaban J connectivity index is 1.11. The minimum absolute atomic E-state index is 0.00724. The molecule has 0 aliphatic rings. The molecule has 0 aromatic heterocycles. The molecule has 7 aromatic carbocycles. The van der Waals surface area contributed by atoms with E-state index in [1.807, 2.05) is 50.2 Å². The van der Waals surface area contributed by atoms with E-state index >= 15 is 0 Å². The van der Waals surface area contributed by atoms with E-state index in [2.05, 4.69) is 31.1 Å². The highest BCUT2D eigenvalue weighted by Gasteiger charge is 2.21. The van der Waals surface area contributed by atoms with Gasteiger partial charge in [0.1, 0.15) is 11.4 Å². The number of phenols is 2. The molecule has 12 heteroatoms. The van der Waals surface area contributed by atoms with E-state index in [1.165, 1.54) is 0 Å². The number of amides is 2. The molecule has 7 aromatic rings. The molecule has 0 fully saturated rings. The quantitative estimate of drug-likeness (QED) is 0.114. The number of nitrogens with zero attached hydrogens (tertiary/aromatic N) is 4. The van der Waals surface area contributed by atoms with Crippen LogP contribution in [-0.4, -0.2) is 22.0 Å². The van der Waals surface area contributed by atoms with Gasteiger partial charge in [-0.3, -0.25) is 9.59 Å². The molecule has 0 spiro atoms. The summed E-state index contributed by atoms with van der Waals surface area (Å²) in [6.45, 7) is 3.75. The number of benzene rings is 7. The molecule has 0 heterocycles. The van der Waals surface area contributed by atoms with Crippen molar-refractivity contribution in [1.82, 2.24) is 0 Å². The first-order valence-electron chi connectivity index (χ1n) is 16.6. The number of phenolic OH excluding ortho intramolecular Hbond substituents is 2. The van der Waals surface area contributed by atoms with Crippen molar-refractivity contribution in [2.24, 2.45) is 20.5 Å². The molecule has 4 N–H and O–H groups in total. The Morgan fingerprint density at radius 3 is 1.30 bits per heavy atom. The number of anilines is 2. The summed E-state index contributed by atoms with van der Waals surface area (Å²) in [5.74, 6) is -1.84. The van der Waals surface area contributed by atoms with Crippen molar-refractivity contribution >= 4 is 90.7 Å². The molecule has 54 heavy (non-hydrogen) atoms. The Labute approximate surface area is 319 Å². The highest BCUT2D eigenvalue weighted by Crippen LogP contribution is 2.41. The number of aromatic hydroxyl groups is 2. The Morgan fingerprint density at radius 2 is 0.907 bits per heavy atom. The lowest BCUT2D eigenvalue weighted by Crippen LogP contribution is -2.13. The molecule has 0 aliphatic heterocycles. The van der Waals surface area contributed by atoms with E-state index in [9.17, 15) is 19.8 Å². The predicted molar refractivity (Wildman–Crippen MR) is 214 cm³/mol. The smallest absolute Gasteiger partial charge is 0.259 e. The zero-order chi connectivity index (χ0) is 37.9. The molecule has 0 bridgehead atoms. The maximum Gasteiger partial charge on any atom is 0.259 e. The first kappa shape index (κ1) is 35.8. The molecule has 7 rings (SSSR count). The van der Waals surface area contributed by atoms with Crippen molar-refractivity contribution in [1.29, 1.82) is 0 Å². The first-order valence-corrected chi connectivity index (χ1v) is 17.4. The fourth-order valence-corrected chi connectivity index (χ4v) is 6.07. The van der Waals surface area contributed by atoms with Crippen LogP contribution in [0, 0.1) is 13.8 Å². The number of hydrogen-bond donors (Lipinski definition) is 4. The van der Waals surface area contributed by atoms with Crippen LogP contribution < -0.4 is 10.6 Å². The second-order valence-electron chi connectivity index (χ2n) is 12.4. The van der Waals surface area contributed by atoms with Crippen LogP contribution in [0.1, 0.15) is 31.8 Å². The standard InChI is InChI=1S/C42H30Cl2N6O4/c1-23-11-13-29(21-35(23)43)47-49-37-31-9-5-3-7-25(31)19-33(39(37)51)41(53)45-27-15-17-28(18-16-27)46-42(54)34-20-26-8-4-6-10-32(26)38(40(34)52)50-48-30-14-12-24(2)36(44)22-30/h3-22,51-52H,1-2H3,(H,45,53)(H,46,54). The summed E-state index contributed by atoms with van der Waals surface area (Å²) in [5, 5.41) is 48.9. The fourth-order valence-electron chi connectivity index (χ4n) is 5.72. The average molecular weight is 754 g/mol. The second-order valence-corrected chi connectivity index (χ2v) is 13.3. The first-order chi connectivity index (χ1) is 26.0. The number of fused-ring (bicyclic) bond motifs is 2. The highest BCUT2D eigenvalue weighted by molar-refractivity contribution is 6.32. The third-order valence-electron chi connectivity index (χ3n) is 8.72. The number of rotatable bonds is 8. The number of azo groups is 2. The van der Waals surface area contributed by atoms with Gasteiger partial charge in [-0.2, -0.15) is 10.2 Å². The molecule has 0 saturated carbocycles. The summed E-state index contributed by atoms with van der Waals surface area (Å²) in [5.41, 5.74) is 3.80. The van der Waals surface area contributed by atoms with E-state index in [4.69, 9.17) is 23.2 Å². The van der Waals surface area contributed by atoms with E-state index < -0.39 is 11.8 Å². The predicted octanol–water partition coefficient (Wildman–Crippen LogP) is 12.7. The second kappa shape index (κ2) is 15.2. The van der Waals surface area contributed by atoms with Crippen molar-refractivity contribution in [2.75, 3.05) is 10.6 Å². The Bertz CT molecular complexity index is 2490. The third-order valence-corrected chi connectivity index (χ3v) is 9.54. The van der Waals surface area contributed by atoms with Crippen LogP contribution in [0.3, 0.4) is 0 Å². The van der Waals surface area contributed by atoms with Gasteiger partial charge in [-0.05, 0) is 96.4 Å². The van der Waals surface area contributed by atoms with Gasteiger partial charge in [0.05, 0.1) is 22.5 Å². The molecule has 10 nitrogen and oxygen atoms in total.